The Bertz CT molecular complexity index is 527. The molecule has 0 spiro atoms. The number of pyridine rings is 1. The van der Waals surface area contributed by atoms with Gasteiger partial charge in [-0.3, -0.25) is 4.98 Å². The molecule has 0 aliphatic carbocycles. The first-order valence-electron chi connectivity index (χ1n) is 7.70. The molecule has 1 aliphatic rings. The van der Waals surface area contributed by atoms with Crippen LogP contribution in [0.1, 0.15) is 34.1 Å². The van der Waals surface area contributed by atoms with Crippen molar-refractivity contribution >= 4 is 17.5 Å². The van der Waals surface area contributed by atoms with Crippen molar-refractivity contribution < 1.29 is 9.53 Å². The van der Waals surface area contributed by atoms with Crippen LogP contribution in [-0.2, 0) is 4.74 Å². The molecule has 2 rings (SSSR count). The van der Waals surface area contributed by atoms with E-state index < -0.39 is 5.60 Å². The molecule has 1 amide bonds. The first-order valence-corrected chi connectivity index (χ1v) is 7.70. The highest BCUT2D eigenvalue weighted by Crippen LogP contribution is 2.27. The Balaban J connectivity index is 2.02. The van der Waals surface area contributed by atoms with Crippen LogP contribution < -0.4 is 16.0 Å². The predicted molar refractivity (Wildman–Crippen MR) is 87.8 cm³/mol. The molecule has 0 bridgehead atoms. The largest absolute Gasteiger partial charge is 0.444 e. The van der Waals surface area contributed by atoms with E-state index in [-0.39, 0.29) is 12.1 Å². The van der Waals surface area contributed by atoms with E-state index in [0.29, 0.717) is 18.2 Å². The molecule has 2 heterocycles. The van der Waals surface area contributed by atoms with E-state index in [1.807, 2.05) is 26.8 Å². The fourth-order valence-electron chi connectivity index (χ4n) is 2.62. The Morgan fingerprint density at radius 2 is 2.23 bits per heavy atom. The highest BCUT2D eigenvalue weighted by atomic mass is 16.6. The van der Waals surface area contributed by atoms with Crippen LogP contribution in [0.15, 0.2) is 18.5 Å². The topological polar surface area (TPSA) is 80.5 Å². The third-order valence-electron chi connectivity index (χ3n) is 3.83. The molecule has 6 heteroatoms. The summed E-state index contributed by atoms with van der Waals surface area (Å²) in [5.41, 5.74) is 7.14. The number of nitrogens with two attached hydrogens (primary N) is 1. The van der Waals surface area contributed by atoms with Crippen LogP contribution in [-0.4, -0.2) is 35.8 Å². The number of nitrogens with one attached hydrogen (secondary N) is 1. The maximum Gasteiger partial charge on any atom is 0.407 e. The van der Waals surface area contributed by atoms with Crippen molar-refractivity contribution in [1.29, 1.82) is 0 Å². The first kappa shape index (κ1) is 16.4. The van der Waals surface area contributed by atoms with Gasteiger partial charge >= 0.3 is 6.09 Å². The lowest BCUT2D eigenvalue weighted by Crippen LogP contribution is -2.53. The lowest BCUT2D eigenvalue weighted by Gasteiger charge is -2.39. The number of anilines is 2. The number of alkyl carbamates (subject to hydrolysis) is 1. The van der Waals surface area contributed by atoms with E-state index in [2.05, 4.69) is 22.1 Å². The summed E-state index contributed by atoms with van der Waals surface area (Å²) in [6.45, 7) is 9.37. The molecule has 122 valence electrons. The normalized spacial score (nSPS) is 22.3. The number of hydrogen-bond acceptors (Lipinski definition) is 5. The molecule has 22 heavy (non-hydrogen) atoms. The van der Waals surface area contributed by atoms with Gasteiger partial charge in [-0.2, -0.15) is 0 Å². The molecule has 3 N–H and O–H groups in total. The van der Waals surface area contributed by atoms with Gasteiger partial charge in [0, 0.05) is 19.3 Å². The number of rotatable bonds is 2. The number of hydrogen-bond donors (Lipinski definition) is 2. The second-order valence-corrected chi connectivity index (χ2v) is 6.90. The second kappa shape index (κ2) is 6.42. The van der Waals surface area contributed by atoms with Crippen LogP contribution in [0, 0.1) is 5.92 Å². The van der Waals surface area contributed by atoms with Crippen LogP contribution >= 0.6 is 0 Å². The Morgan fingerprint density at radius 1 is 1.50 bits per heavy atom. The number of ether oxygens (including phenoxy) is 1. The highest BCUT2D eigenvalue weighted by molar-refractivity contribution is 5.69. The zero-order valence-electron chi connectivity index (χ0n) is 13.8. The average Bonchev–Trinajstić information content (AvgIpc) is 2.40. The van der Waals surface area contributed by atoms with Crippen LogP contribution in [0.25, 0.3) is 0 Å². The number of nitrogens with zero attached hydrogens (tertiary/aromatic N) is 2. The first-order chi connectivity index (χ1) is 10.3. The molecule has 6 nitrogen and oxygen atoms in total. The summed E-state index contributed by atoms with van der Waals surface area (Å²) in [5.74, 6) is 0.395. The summed E-state index contributed by atoms with van der Waals surface area (Å²) in [5, 5.41) is 2.99. The van der Waals surface area contributed by atoms with Crippen LogP contribution in [0.4, 0.5) is 16.2 Å². The van der Waals surface area contributed by atoms with Gasteiger partial charge in [0.15, 0.2) is 0 Å². The summed E-state index contributed by atoms with van der Waals surface area (Å²) in [6, 6.07) is 1.95. The summed E-state index contributed by atoms with van der Waals surface area (Å²) in [6.07, 6.45) is 4.01. The zero-order valence-corrected chi connectivity index (χ0v) is 13.8. The minimum absolute atomic E-state index is 0.0381. The van der Waals surface area contributed by atoms with Gasteiger partial charge in [-0.15, -0.1) is 0 Å². The molecule has 1 saturated heterocycles. The number of piperidine rings is 1. The van der Waals surface area contributed by atoms with Gasteiger partial charge in [0.2, 0.25) is 0 Å². The van der Waals surface area contributed by atoms with E-state index >= 15 is 0 Å². The van der Waals surface area contributed by atoms with Crippen molar-refractivity contribution in [3.63, 3.8) is 0 Å². The van der Waals surface area contributed by atoms with Crippen molar-refractivity contribution in [2.45, 2.75) is 45.8 Å². The summed E-state index contributed by atoms with van der Waals surface area (Å²) >= 11 is 0. The van der Waals surface area contributed by atoms with Gasteiger partial charge in [-0.05, 0) is 39.2 Å². The second-order valence-electron chi connectivity index (χ2n) is 6.90. The van der Waals surface area contributed by atoms with Gasteiger partial charge in [0.25, 0.3) is 0 Å². The van der Waals surface area contributed by atoms with Gasteiger partial charge < -0.3 is 20.7 Å². The van der Waals surface area contributed by atoms with Crippen molar-refractivity contribution in [1.82, 2.24) is 10.3 Å². The minimum Gasteiger partial charge on any atom is -0.444 e. The smallest absolute Gasteiger partial charge is 0.407 e. The van der Waals surface area contributed by atoms with E-state index in [9.17, 15) is 4.79 Å². The Hall–Kier alpha value is -1.98. The fraction of sp³-hybridized carbons (Fsp3) is 0.625. The molecule has 1 aromatic heterocycles. The quantitative estimate of drug-likeness (QED) is 0.877. The predicted octanol–water partition coefficient (Wildman–Crippen LogP) is 2.40. The average molecular weight is 306 g/mol. The third-order valence-corrected chi connectivity index (χ3v) is 3.83. The van der Waals surface area contributed by atoms with Crippen molar-refractivity contribution in [3.05, 3.63) is 18.5 Å². The Labute approximate surface area is 132 Å². The number of aromatic nitrogens is 1. The maximum atomic E-state index is 12.0. The molecular weight excluding hydrogens is 280 g/mol. The Kier molecular flexibility index (Phi) is 4.78. The van der Waals surface area contributed by atoms with E-state index in [1.54, 1.807) is 12.4 Å². The molecule has 1 aromatic rings. The van der Waals surface area contributed by atoms with Crippen LogP contribution in [0.5, 0.6) is 0 Å². The summed E-state index contributed by atoms with van der Waals surface area (Å²) < 4.78 is 5.35. The van der Waals surface area contributed by atoms with E-state index in [0.717, 1.165) is 18.7 Å². The zero-order chi connectivity index (χ0) is 16.3. The molecular formula is C16H26N4O2. The lowest BCUT2D eigenvalue weighted by atomic mass is 9.93. The minimum atomic E-state index is -0.489. The number of nitrogen functional groups attached to an aromatic ring is 1. The maximum absolute atomic E-state index is 12.0. The molecule has 1 aliphatic heterocycles. The number of amides is 1. The number of carbonyl (C=O) groups excluding carboxylic acids is 1. The lowest BCUT2D eigenvalue weighted by molar-refractivity contribution is 0.0483. The van der Waals surface area contributed by atoms with Crippen molar-refractivity contribution in [3.8, 4) is 0 Å². The van der Waals surface area contributed by atoms with Gasteiger partial charge in [-0.25, -0.2) is 4.79 Å². The van der Waals surface area contributed by atoms with Crippen LogP contribution in [0.3, 0.4) is 0 Å². The highest BCUT2D eigenvalue weighted by Gasteiger charge is 2.29. The van der Waals surface area contributed by atoms with Gasteiger partial charge in [0.05, 0.1) is 23.6 Å². The van der Waals surface area contributed by atoms with E-state index in [1.165, 1.54) is 0 Å². The monoisotopic (exact) mass is 306 g/mol. The SMILES string of the molecule is CC1CCN(c2ccncc2N)CC1NC(=O)OC(C)(C)C. The molecule has 0 radical (unpaired) electrons. The molecule has 0 aromatic carbocycles. The fourth-order valence-corrected chi connectivity index (χ4v) is 2.62. The van der Waals surface area contributed by atoms with Crippen molar-refractivity contribution in [2.24, 2.45) is 5.92 Å². The third kappa shape index (κ3) is 4.26. The van der Waals surface area contributed by atoms with E-state index in [4.69, 9.17) is 10.5 Å². The summed E-state index contributed by atoms with van der Waals surface area (Å²) in [7, 11) is 0. The molecule has 1 fully saturated rings. The van der Waals surface area contributed by atoms with Gasteiger partial charge in [-0.1, -0.05) is 6.92 Å². The molecule has 0 saturated carbocycles. The van der Waals surface area contributed by atoms with Crippen LogP contribution in [0.2, 0.25) is 0 Å². The Morgan fingerprint density at radius 3 is 2.86 bits per heavy atom. The number of carbonyl (C=O) groups is 1. The molecule has 2 atom stereocenters. The molecule has 2 unspecified atom stereocenters. The summed E-state index contributed by atoms with van der Waals surface area (Å²) in [4.78, 5) is 18.2. The van der Waals surface area contributed by atoms with Gasteiger partial charge in [0.1, 0.15) is 5.60 Å². The standard InChI is InChI=1S/C16H26N4O2/c1-11-6-8-20(14-5-7-18-9-12(14)17)10-13(11)19-15(21)22-16(2,3)4/h5,7,9,11,13H,6,8,10,17H2,1-4H3,(H,19,21). The van der Waals surface area contributed by atoms with Crippen molar-refractivity contribution in [2.75, 3.05) is 23.7 Å².